The Labute approximate surface area is 225 Å². The molecular weight excluding hydrogens is 528 g/mol. The van der Waals surface area contributed by atoms with E-state index in [1.807, 2.05) is 13.0 Å². The number of hydrogen-bond donors (Lipinski definition) is 1. The van der Waals surface area contributed by atoms with Gasteiger partial charge >= 0.3 is 0 Å². The molecule has 38 heavy (non-hydrogen) atoms. The van der Waals surface area contributed by atoms with E-state index in [-0.39, 0.29) is 10.0 Å². The van der Waals surface area contributed by atoms with E-state index in [1.165, 1.54) is 18.3 Å². The number of methoxy groups -OCH3 is 1. The molecular formula is C27H25ClN4O5S. The van der Waals surface area contributed by atoms with Crippen LogP contribution in [0.5, 0.6) is 11.5 Å². The molecule has 0 unspecified atom stereocenters. The smallest absolute Gasteiger partial charge is 0.264 e. The molecule has 11 heteroatoms. The number of hydrazone groups is 1. The summed E-state index contributed by atoms with van der Waals surface area (Å²) in [7, 11) is -2.51. The minimum absolute atomic E-state index is 0.0201. The molecule has 0 spiro atoms. The second-order valence-electron chi connectivity index (χ2n) is 7.97. The molecule has 0 bridgehead atoms. The van der Waals surface area contributed by atoms with Crippen molar-refractivity contribution >= 4 is 50.3 Å². The fourth-order valence-electron chi connectivity index (χ4n) is 3.61. The number of anilines is 1. The van der Waals surface area contributed by atoms with Crippen molar-refractivity contribution in [2.45, 2.75) is 11.8 Å². The van der Waals surface area contributed by atoms with Gasteiger partial charge in [-0.2, -0.15) is 5.10 Å². The predicted octanol–water partition coefficient (Wildman–Crippen LogP) is 4.64. The van der Waals surface area contributed by atoms with E-state index in [4.69, 9.17) is 21.1 Å². The summed E-state index contributed by atoms with van der Waals surface area (Å²) in [5, 5.41) is 4.96. The zero-order valence-electron chi connectivity index (χ0n) is 20.7. The standard InChI is InChI=1S/C27H25ClN4O5S/c1-3-37-22-11-13-24(14-12-22)38(34,35)32(21-7-5-4-6-8-21)18-26(33)31-29-17-20-15-19-9-10-23(36-2)16-25(19)30-27(20)28/h4-17H,3,18H2,1-2H3,(H,31,33)/b29-17+. The van der Waals surface area contributed by atoms with E-state index in [0.29, 0.717) is 34.9 Å². The molecule has 0 aliphatic carbocycles. The number of ether oxygens (including phenoxy) is 2. The summed E-state index contributed by atoms with van der Waals surface area (Å²) in [6, 6.07) is 21.5. The van der Waals surface area contributed by atoms with Crippen LogP contribution >= 0.6 is 11.6 Å². The normalized spacial score (nSPS) is 11.4. The summed E-state index contributed by atoms with van der Waals surface area (Å²) >= 11 is 6.28. The van der Waals surface area contributed by atoms with Crippen molar-refractivity contribution in [3.8, 4) is 11.5 Å². The number of sulfonamides is 1. The zero-order valence-corrected chi connectivity index (χ0v) is 22.2. The molecule has 4 aromatic rings. The predicted molar refractivity (Wildman–Crippen MR) is 148 cm³/mol. The number of hydrogen-bond acceptors (Lipinski definition) is 7. The number of fused-ring (bicyclic) bond motifs is 1. The highest BCUT2D eigenvalue weighted by molar-refractivity contribution is 7.92. The van der Waals surface area contributed by atoms with Crippen molar-refractivity contribution in [3.63, 3.8) is 0 Å². The number of nitrogens with one attached hydrogen (secondary N) is 1. The Morgan fingerprint density at radius 2 is 1.76 bits per heavy atom. The first-order chi connectivity index (χ1) is 18.3. The lowest BCUT2D eigenvalue weighted by molar-refractivity contribution is -0.119. The van der Waals surface area contributed by atoms with Crippen LogP contribution in [0.4, 0.5) is 5.69 Å². The lowest BCUT2D eigenvalue weighted by atomic mass is 10.1. The molecule has 0 saturated heterocycles. The van der Waals surface area contributed by atoms with Gasteiger partial charge in [-0.3, -0.25) is 9.10 Å². The summed E-state index contributed by atoms with van der Waals surface area (Å²) in [5.74, 6) is 0.554. The molecule has 0 saturated carbocycles. The Balaban J connectivity index is 1.53. The summed E-state index contributed by atoms with van der Waals surface area (Å²) < 4.78 is 38.6. The van der Waals surface area contributed by atoms with Crippen LogP contribution in [-0.4, -0.2) is 45.8 Å². The van der Waals surface area contributed by atoms with Crippen LogP contribution in [0.3, 0.4) is 0 Å². The van der Waals surface area contributed by atoms with Crippen molar-refractivity contribution in [2.75, 3.05) is 24.6 Å². The number of amides is 1. The molecule has 3 aromatic carbocycles. The Kier molecular flexibility index (Phi) is 8.45. The van der Waals surface area contributed by atoms with Gasteiger partial charge in [0.25, 0.3) is 15.9 Å². The van der Waals surface area contributed by atoms with Crippen molar-refractivity contribution in [2.24, 2.45) is 5.10 Å². The van der Waals surface area contributed by atoms with Crippen LogP contribution in [0.15, 0.2) is 88.9 Å². The number of benzene rings is 3. The van der Waals surface area contributed by atoms with Crippen LogP contribution in [0, 0.1) is 0 Å². The van der Waals surface area contributed by atoms with Gasteiger partial charge in [-0.05, 0) is 61.5 Å². The van der Waals surface area contributed by atoms with Gasteiger partial charge in [-0.15, -0.1) is 0 Å². The third-order valence-electron chi connectivity index (χ3n) is 5.45. The molecule has 9 nitrogen and oxygen atoms in total. The van der Waals surface area contributed by atoms with Gasteiger partial charge in [-0.25, -0.2) is 18.8 Å². The molecule has 0 atom stereocenters. The molecule has 1 N–H and O–H groups in total. The number of rotatable bonds is 10. The Hall–Kier alpha value is -4.15. The average molecular weight is 553 g/mol. The fourth-order valence-corrected chi connectivity index (χ4v) is 5.22. The van der Waals surface area contributed by atoms with Crippen molar-refractivity contribution in [3.05, 3.63) is 89.6 Å². The van der Waals surface area contributed by atoms with E-state index >= 15 is 0 Å². The highest BCUT2D eigenvalue weighted by Gasteiger charge is 2.27. The van der Waals surface area contributed by atoms with Gasteiger partial charge in [0.15, 0.2) is 0 Å². The van der Waals surface area contributed by atoms with E-state index in [2.05, 4.69) is 15.5 Å². The largest absolute Gasteiger partial charge is 0.497 e. The van der Waals surface area contributed by atoms with Crippen LogP contribution in [0.1, 0.15) is 12.5 Å². The fraction of sp³-hybridized carbons (Fsp3) is 0.148. The van der Waals surface area contributed by atoms with E-state index in [0.717, 1.165) is 9.69 Å². The van der Waals surface area contributed by atoms with Gasteiger partial charge in [0, 0.05) is 17.0 Å². The number of aromatic nitrogens is 1. The molecule has 1 heterocycles. The highest BCUT2D eigenvalue weighted by Crippen LogP contribution is 2.25. The van der Waals surface area contributed by atoms with Crippen molar-refractivity contribution in [1.29, 1.82) is 0 Å². The molecule has 0 aliphatic rings. The highest BCUT2D eigenvalue weighted by atomic mass is 35.5. The summed E-state index contributed by atoms with van der Waals surface area (Å²) in [6.07, 6.45) is 1.35. The SMILES string of the molecule is CCOc1ccc(S(=O)(=O)N(CC(=O)N/N=C/c2cc3ccc(OC)cc3nc2Cl)c2ccccc2)cc1. The Bertz CT molecular complexity index is 1560. The topological polar surface area (TPSA) is 110 Å². The first kappa shape index (κ1) is 26.9. The summed E-state index contributed by atoms with van der Waals surface area (Å²) in [4.78, 5) is 17.1. The number of para-hydroxylation sites is 1. The number of nitrogens with zero attached hydrogens (tertiary/aromatic N) is 3. The number of pyridine rings is 1. The van der Waals surface area contributed by atoms with Crippen molar-refractivity contribution in [1.82, 2.24) is 10.4 Å². The lowest BCUT2D eigenvalue weighted by Crippen LogP contribution is -2.39. The molecule has 0 aliphatic heterocycles. The second-order valence-corrected chi connectivity index (χ2v) is 10.2. The van der Waals surface area contributed by atoms with Crippen molar-refractivity contribution < 1.29 is 22.7 Å². The number of carbonyl (C=O) groups is 1. The van der Waals surface area contributed by atoms with Crippen LogP contribution in [-0.2, 0) is 14.8 Å². The second kappa shape index (κ2) is 11.9. The number of halogens is 1. The van der Waals surface area contributed by atoms with E-state index in [1.54, 1.807) is 67.8 Å². The maximum absolute atomic E-state index is 13.5. The molecule has 1 amide bonds. The maximum Gasteiger partial charge on any atom is 0.264 e. The molecule has 0 radical (unpaired) electrons. The molecule has 1 aromatic heterocycles. The molecule has 196 valence electrons. The third-order valence-corrected chi connectivity index (χ3v) is 7.54. The third kappa shape index (κ3) is 6.21. The van der Waals surface area contributed by atoms with Gasteiger partial charge in [0.1, 0.15) is 23.2 Å². The van der Waals surface area contributed by atoms with E-state index < -0.39 is 22.5 Å². The number of carbonyl (C=O) groups excluding carboxylic acids is 1. The van der Waals surface area contributed by atoms with Crippen LogP contribution in [0.25, 0.3) is 10.9 Å². The first-order valence-corrected chi connectivity index (χ1v) is 13.4. The van der Waals surface area contributed by atoms with Crippen LogP contribution in [0.2, 0.25) is 5.15 Å². The van der Waals surface area contributed by atoms with E-state index in [9.17, 15) is 13.2 Å². The van der Waals surface area contributed by atoms with Gasteiger partial charge < -0.3 is 9.47 Å². The lowest BCUT2D eigenvalue weighted by Gasteiger charge is -2.23. The Morgan fingerprint density at radius 3 is 2.45 bits per heavy atom. The van der Waals surface area contributed by atoms with Gasteiger partial charge in [0.2, 0.25) is 0 Å². The zero-order chi connectivity index (χ0) is 27.1. The quantitative estimate of drug-likeness (QED) is 0.174. The average Bonchev–Trinajstić information content (AvgIpc) is 2.92. The Morgan fingerprint density at radius 1 is 1.05 bits per heavy atom. The van der Waals surface area contributed by atoms with Crippen LogP contribution < -0.4 is 19.2 Å². The maximum atomic E-state index is 13.5. The molecule has 0 fully saturated rings. The molecule has 4 rings (SSSR count). The monoisotopic (exact) mass is 552 g/mol. The minimum Gasteiger partial charge on any atom is -0.497 e. The van der Waals surface area contributed by atoms with Gasteiger partial charge in [0.05, 0.1) is 36.0 Å². The first-order valence-electron chi connectivity index (χ1n) is 11.6. The summed E-state index contributed by atoms with van der Waals surface area (Å²) in [6.45, 7) is 1.79. The summed E-state index contributed by atoms with van der Waals surface area (Å²) in [5.41, 5.74) is 3.83. The minimum atomic E-state index is -4.07. The van der Waals surface area contributed by atoms with Gasteiger partial charge in [-0.1, -0.05) is 29.8 Å².